The van der Waals surface area contributed by atoms with Crippen molar-refractivity contribution in [1.29, 1.82) is 0 Å². The van der Waals surface area contributed by atoms with Crippen LogP contribution in [0.15, 0.2) is 59.8 Å². The smallest absolute Gasteiger partial charge is 0.399 e. The molecule has 1 amide bonds. The first-order valence-corrected chi connectivity index (χ1v) is 9.25. The Balaban J connectivity index is 1.50. The number of nitrogens with zero attached hydrogens (tertiary/aromatic N) is 3. The van der Waals surface area contributed by atoms with Crippen LogP contribution < -0.4 is 15.6 Å². The van der Waals surface area contributed by atoms with Crippen molar-refractivity contribution in [3.63, 3.8) is 0 Å². The topological polar surface area (TPSA) is 110 Å². The molecule has 1 aromatic carbocycles. The molecule has 9 heteroatoms. The molecule has 3 heterocycles. The maximum atomic E-state index is 12.2. The Kier molecular flexibility index (Phi) is 4.81. The average molecular weight is 393 g/mol. The van der Waals surface area contributed by atoms with Crippen LogP contribution in [0.3, 0.4) is 0 Å². The molecule has 0 bridgehead atoms. The minimum absolute atomic E-state index is 0.300. The van der Waals surface area contributed by atoms with Gasteiger partial charge >= 0.3 is 6.09 Å². The number of nitrogens with one attached hydrogen (secondary N) is 2. The number of carbonyl (C=O) groups is 1. The quantitative estimate of drug-likeness (QED) is 0.551. The fraction of sp³-hybridized carbons (Fsp3) is 0.105. The molecule has 0 aliphatic rings. The van der Waals surface area contributed by atoms with E-state index in [1.54, 1.807) is 25.3 Å². The van der Waals surface area contributed by atoms with Gasteiger partial charge in [0.05, 0.1) is 17.4 Å². The highest BCUT2D eigenvalue weighted by Gasteiger charge is 2.16. The predicted octanol–water partition coefficient (Wildman–Crippen LogP) is 3.29. The second-order valence-corrected chi connectivity index (χ2v) is 7.02. The summed E-state index contributed by atoms with van der Waals surface area (Å²) in [4.78, 5) is 39.2. The number of hydrogen-bond donors (Lipinski definition) is 2. The first-order valence-electron chi connectivity index (χ1n) is 8.43. The summed E-state index contributed by atoms with van der Waals surface area (Å²) in [5, 5.41) is 4.17. The Morgan fingerprint density at radius 2 is 2.07 bits per heavy atom. The lowest BCUT2D eigenvalue weighted by Crippen LogP contribution is -2.31. The molecule has 8 nitrogen and oxygen atoms in total. The van der Waals surface area contributed by atoms with Crippen molar-refractivity contribution in [2.75, 3.05) is 0 Å². The predicted molar refractivity (Wildman–Crippen MR) is 105 cm³/mol. The van der Waals surface area contributed by atoms with Gasteiger partial charge in [-0.15, -0.1) is 0 Å². The van der Waals surface area contributed by atoms with Crippen LogP contribution in [0.25, 0.3) is 21.5 Å². The third kappa shape index (κ3) is 3.89. The molecule has 0 saturated heterocycles. The molecule has 28 heavy (non-hydrogen) atoms. The zero-order valence-electron chi connectivity index (χ0n) is 14.7. The van der Waals surface area contributed by atoms with E-state index in [1.807, 2.05) is 24.3 Å². The second-order valence-electron chi connectivity index (χ2n) is 5.97. The van der Waals surface area contributed by atoms with Crippen molar-refractivity contribution >= 4 is 27.5 Å². The van der Waals surface area contributed by atoms with Crippen LogP contribution in [0.5, 0.6) is 5.06 Å². The molecular formula is C19H15N5O3S. The lowest BCUT2D eigenvalue weighted by molar-refractivity contribution is 0.198. The molecule has 0 saturated carbocycles. The Hall–Kier alpha value is -3.59. The number of H-pyrrole nitrogens is 1. The minimum Gasteiger partial charge on any atom is -0.399 e. The lowest BCUT2D eigenvalue weighted by atomic mass is 10.2. The van der Waals surface area contributed by atoms with Gasteiger partial charge in [0.15, 0.2) is 5.06 Å². The number of aromatic amines is 1. The molecule has 4 rings (SSSR count). The third-order valence-corrected chi connectivity index (χ3v) is 4.94. The number of thiophene rings is 1. The van der Waals surface area contributed by atoms with Gasteiger partial charge in [-0.3, -0.25) is 4.79 Å². The van der Waals surface area contributed by atoms with E-state index in [0.29, 0.717) is 22.3 Å². The fourth-order valence-electron chi connectivity index (χ4n) is 2.63. The average Bonchev–Trinajstić information content (AvgIpc) is 3.10. The van der Waals surface area contributed by atoms with Gasteiger partial charge in [-0.2, -0.15) is 0 Å². The molecule has 0 aliphatic carbocycles. The summed E-state index contributed by atoms with van der Waals surface area (Å²) in [6.07, 6.45) is 2.31. The van der Waals surface area contributed by atoms with Crippen molar-refractivity contribution < 1.29 is 9.53 Å². The molecule has 2 N–H and O–H groups in total. The van der Waals surface area contributed by atoms with E-state index in [9.17, 15) is 9.59 Å². The van der Waals surface area contributed by atoms with Gasteiger partial charge in [-0.25, -0.2) is 19.7 Å². The summed E-state index contributed by atoms with van der Waals surface area (Å²) in [5.41, 5.74) is 0.570. The number of ether oxygens (including phenoxy) is 1. The van der Waals surface area contributed by atoms with Crippen molar-refractivity contribution in [1.82, 2.24) is 25.3 Å². The van der Waals surface area contributed by atoms with E-state index < -0.39 is 12.1 Å². The van der Waals surface area contributed by atoms with E-state index in [-0.39, 0.29) is 5.56 Å². The summed E-state index contributed by atoms with van der Waals surface area (Å²) < 4.78 is 6.39. The Morgan fingerprint density at radius 1 is 1.21 bits per heavy atom. The second kappa shape index (κ2) is 7.57. The van der Waals surface area contributed by atoms with E-state index in [1.165, 1.54) is 23.7 Å². The van der Waals surface area contributed by atoms with Gasteiger partial charge in [0.25, 0.3) is 5.56 Å². The van der Waals surface area contributed by atoms with E-state index in [2.05, 4.69) is 25.3 Å². The van der Waals surface area contributed by atoms with Crippen LogP contribution in [0.1, 0.15) is 18.8 Å². The number of aromatic nitrogens is 4. The van der Waals surface area contributed by atoms with E-state index in [4.69, 9.17) is 4.74 Å². The van der Waals surface area contributed by atoms with Crippen LogP contribution in [0, 0.1) is 0 Å². The molecular weight excluding hydrogens is 378 g/mol. The number of fused-ring (bicyclic) bond motifs is 1. The molecule has 0 radical (unpaired) electrons. The van der Waals surface area contributed by atoms with Crippen LogP contribution in [-0.4, -0.2) is 26.0 Å². The highest BCUT2D eigenvalue weighted by atomic mass is 32.1. The van der Waals surface area contributed by atoms with Crippen molar-refractivity contribution in [2.45, 2.75) is 13.0 Å². The Morgan fingerprint density at radius 3 is 2.86 bits per heavy atom. The number of amides is 1. The summed E-state index contributed by atoms with van der Waals surface area (Å²) in [7, 11) is 0. The van der Waals surface area contributed by atoms with E-state index in [0.717, 1.165) is 10.1 Å². The van der Waals surface area contributed by atoms with Gasteiger partial charge in [0, 0.05) is 23.0 Å². The Bertz CT molecular complexity index is 1160. The highest BCUT2D eigenvalue weighted by Crippen LogP contribution is 2.31. The minimum atomic E-state index is -0.630. The number of benzene rings is 1. The normalized spacial score (nSPS) is 11.9. The van der Waals surface area contributed by atoms with Crippen molar-refractivity contribution in [2.24, 2.45) is 0 Å². The highest BCUT2D eigenvalue weighted by molar-refractivity contribution is 7.20. The van der Waals surface area contributed by atoms with Crippen molar-refractivity contribution in [3.8, 4) is 16.5 Å². The molecule has 140 valence electrons. The summed E-state index contributed by atoms with van der Waals surface area (Å²) in [5.74, 6) is 0.300. The molecule has 1 unspecified atom stereocenters. The number of carbonyl (C=O) groups excluding carboxylic acids is 1. The van der Waals surface area contributed by atoms with Gasteiger partial charge in [-0.05, 0) is 24.4 Å². The maximum absolute atomic E-state index is 12.2. The van der Waals surface area contributed by atoms with Crippen LogP contribution in [-0.2, 0) is 0 Å². The fourth-order valence-corrected chi connectivity index (χ4v) is 3.54. The van der Waals surface area contributed by atoms with E-state index >= 15 is 0 Å². The molecule has 3 aromatic heterocycles. The van der Waals surface area contributed by atoms with Gasteiger partial charge < -0.3 is 15.0 Å². The van der Waals surface area contributed by atoms with Crippen LogP contribution in [0.4, 0.5) is 4.79 Å². The molecule has 0 spiro atoms. The monoisotopic (exact) mass is 393 g/mol. The largest absolute Gasteiger partial charge is 0.413 e. The SMILES string of the molecule is CC(NC(=O)Oc1cc2ccccc2s1)c1nc(-c2ccncn2)cc(=O)[nH]1. The number of rotatable bonds is 4. The zero-order valence-corrected chi connectivity index (χ0v) is 15.6. The summed E-state index contributed by atoms with van der Waals surface area (Å²) >= 11 is 1.38. The van der Waals surface area contributed by atoms with Crippen LogP contribution >= 0.6 is 11.3 Å². The molecule has 0 fully saturated rings. The molecule has 4 aromatic rings. The van der Waals surface area contributed by atoms with Gasteiger partial charge in [-0.1, -0.05) is 29.5 Å². The number of hydrogen-bond acceptors (Lipinski definition) is 7. The molecule has 1 atom stereocenters. The lowest BCUT2D eigenvalue weighted by Gasteiger charge is -2.13. The van der Waals surface area contributed by atoms with Gasteiger partial charge in [0.1, 0.15) is 12.2 Å². The zero-order chi connectivity index (χ0) is 19.5. The summed E-state index contributed by atoms with van der Waals surface area (Å²) in [6.45, 7) is 1.70. The first kappa shape index (κ1) is 17.8. The Labute approximate surface area is 163 Å². The van der Waals surface area contributed by atoms with Crippen LogP contribution in [0.2, 0.25) is 0 Å². The first-order chi connectivity index (χ1) is 13.6. The molecule has 0 aliphatic heterocycles. The maximum Gasteiger partial charge on any atom is 0.413 e. The third-order valence-electron chi connectivity index (χ3n) is 3.95. The van der Waals surface area contributed by atoms with Crippen molar-refractivity contribution in [3.05, 3.63) is 71.2 Å². The summed E-state index contributed by atoms with van der Waals surface area (Å²) in [6, 6.07) is 12.0. The standard InChI is InChI=1S/C19H15N5O3S/c1-11(18-23-14(9-16(25)24-18)13-6-7-20-10-21-13)22-19(26)27-17-8-12-4-2-3-5-15(12)28-17/h2-11H,1H3,(H,22,26)(H,23,24,25). The van der Waals surface area contributed by atoms with Gasteiger partial charge in [0.2, 0.25) is 0 Å².